The molecule has 27 heavy (non-hydrogen) atoms. The summed E-state index contributed by atoms with van der Waals surface area (Å²) in [5, 5.41) is 12.1. The average Bonchev–Trinajstić information content (AvgIpc) is 3.10. The number of thioether (sulfide) groups is 1. The van der Waals surface area contributed by atoms with E-state index in [1.54, 1.807) is 7.11 Å². The largest absolute Gasteiger partial charge is 0.377 e. The van der Waals surface area contributed by atoms with Crippen LogP contribution in [0.1, 0.15) is 24.4 Å². The number of nitrogens with one attached hydrogen (secondary N) is 1. The second kappa shape index (κ2) is 9.34. The smallest absolute Gasteiger partial charge is 0.230 e. The van der Waals surface area contributed by atoms with Crippen LogP contribution in [0.5, 0.6) is 0 Å². The van der Waals surface area contributed by atoms with Crippen LogP contribution in [0.15, 0.2) is 65.8 Å². The highest BCUT2D eigenvalue weighted by molar-refractivity contribution is 7.99. The van der Waals surface area contributed by atoms with Crippen LogP contribution < -0.4 is 5.32 Å². The maximum Gasteiger partial charge on any atom is 0.230 e. The van der Waals surface area contributed by atoms with Gasteiger partial charge >= 0.3 is 0 Å². The molecule has 0 unspecified atom stereocenters. The molecule has 0 saturated carbocycles. The van der Waals surface area contributed by atoms with E-state index in [4.69, 9.17) is 4.74 Å². The first-order chi connectivity index (χ1) is 13.2. The van der Waals surface area contributed by atoms with Gasteiger partial charge in [-0.15, -0.1) is 10.2 Å². The van der Waals surface area contributed by atoms with Crippen LogP contribution in [0.3, 0.4) is 0 Å². The number of nitrogens with zero attached hydrogens (tertiary/aromatic N) is 3. The van der Waals surface area contributed by atoms with Crippen LogP contribution in [0.25, 0.3) is 5.69 Å². The van der Waals surface area contributed by atoms with Gasteiger partial charge in [0, 0.05) is 12.8 Å². The van der Waals surface area contributed by atoms with E-state index in [0.717, 1.165) is 11.3 Å². The summed E-state index contributed by atoms with van der Waals surface area (Å²) in [5.41, 5.74) is 2.01. The van der Waals surface area contributed by atoms with Crippen molar-refractivity contribution in [1.29, 1.82) is 0 Å². The number of aromatic nitrogens is 3. The molecular weight excluding hydrogens is 360 g/mol. The fourth-order valence-electron chi connectivity index (χ4n) is 2.69. The molecule has 1 heterocycles. The summed E-state index contributed by atoms with van der Waals surface area (Å²) in [6, 6.07) is 19.7. The first-order valence-corrected chi connectivity index (χ1v) is 9.63. The maximum atomic E-state index is 12.4. The average molecular weight is 382 g/mol. The van der Waals surface area contributed by atoms with Gasteiger partial charge in [0.2, 0.25) is 5.91 Å². The number of amides is 1. The lowest BCUT2D eigenvalue weighted by Gasteiger charge is -2.14. The van der Waals surface area contributed by atoms with Crippen LogP contribution in [0.2, 0.25) is 0 Å². The Balaban J connectivity index is 1.68. The van der Waals surface area contributed by atoms with E-state index in [9.17, 15) is 4.79 Å². The number of methoxy groups -OCH3 is 1. The Morgan fingerprint density at radius 1 is 1.11 bits per heavy atom. The highest BCUT2D eigenvalue weighted by atomic mass is 32.2. The summed E-state index contributed by atoms with van der Waals surface area (Å²) in [7, 11) is 1.62. The molecule has 0 aliphatic carbocycles. The maximum absolute atomic E-state index is 12.4. The third-order valence-electron chi connectivity index (χ3n) is 4.00. The fourth-order valence-corrected chi connectivity index (χ4v) is 3.47. The summed E-state index contributed by atoms with van der Waals surface area (Å²) in [6.07, 6.45) is 0. The third-order valence-corrected chi connectivity index (χ3v) is 4.93. The number of carbonyl (C=O) groups is 1. The van der Waals surface area contributed by atoms with Gasteiger partial charge in [-0.05, 0) is 24.6 Å². The van der Waals surface area contributed by atoms with E-state index in [0.29, 0.717) is 17.6 Å². The number of benzene rings is 2. The van der Waals surface area contributed by atoms with Gasteiger partial charge in [-0.25, -0.2) is 0 Å². The summed E-state index contributed by atoms with van der Waals surface area (Å²) >= 11 is 1.36. The van der Waals surface area contributed by atoms with Crippen molar-refractivity contribution in [3.05, 3.63) is 72.1 Å². The van der Waals surface area contributed by atoms with E-state index < -0.39 is 0 Å². The van der Waals surface area contributed by atoms with Crippen LogP contribution >= 0.6 is 11.8 Å². The van der Waals surface area contributed by atoms with Crippen molar-refractivity contribution in [1.82, 2.24) is 20.1 Å². The number of para-hydroxylation sites is 1. The predicted molar refractivity (Wildman–Crippen MR) is 106 cm³/mol. The zero-order chi connectivity index (χ0) is 19.1. The molecular formula is C20H22N4O2S. The standard InChI is InChI=1S/C20H22N4O2S/c1-15(16-9-5-3-6-10-16)21-19(25)14-27-20-23-22-18(13-26-2)24(20)17-11-7-4-8-12-17/h3-12,15H,13-14H2,1-2H3,(H,21,25)/t15-/m0/s1. The van der Waals surface area contributed by atoms with Gasteiger partial charge < -0.3 is 10.1 Å². The molecule has 1 aromatic heterocycles. The van der Waals surface area contributed by atoms with Crippen molar-refractivity contribution < 1.29 is 9.53 Å². The summed E-state index contributed by atoms with van der Waals surface area (Å²) in [4.78, 5) is 12.4. The quantitative estimate of drug-likeness (QED) is 0.605. The molecule has 2 aromatic carbocycles. The number of hydrogen-bond donors (Lipinski definition) is 1. The van der Waals surface area contributed by atoms with Crippen molar-refractivity contribution in [3.63, 3.8) is 0 Å². The van der Waals surface area contributed by atoms with Gasteiger partial charge in [0.05, 0.1) is 11.8 Å². The molecule has 0 fully saturated rings. The summed E-state index contributed by atoms with van der Waals surface area (Å²) in [6.45, 7) is 2.32. The number of ether oxygens (including phenoxy) is 1. The van der Waals surface area contributed by atoms with Crippen molar-refractivity contribution in [3.8, 4) is 5.69 Å². The van der Waals surface area contributed by atoms with E-state index in [1.165, 1.54) is 11.8 Å². The van der Waals surface area contributed by atoms with Crippen LogP contribution in [0.4, 0.5) is 0 Å². The Hall–Kier alpha value is -2.64. The molecule has 6 nitrogen and oxygen atoms in total. The molecule has 1 amide bonds. The molecule has 0 radical (unpaired) electrons. The van der Waals surface area contributed by atoms with Crippen LogP contribution in [-0.4, -0.2) is 33.5 Å². The molecule has 1 atom stereocenters. The lowest BCUT2D eigenvalue weighted by molar-refractivity contribution is -0.119. The Kier molecular flexibility index (Phi) is 6.62. The van der Waals surface area contributed by atoms with Crippen molar-refractivity contribution in [2.24, 2.45) is 0 Å². The number of hydrogen-bond acceptors (Lipinski definition) is 5. The lowest BCUT2D eigenvalue weighted by atomic mass is 10.1. The van der Waals surface area contributed by atoms with Gasteiger partial charge in [-0.3, -0.25) is 9.36 Å². The highest BCUT2D eigenvalue weighted by Gasteiger charge is 2.16. The normalized spacial score (nSPS) is 11.9. The van der Waals surface area contributed by atoms with Gasteiger partial charge in [0.15, 0.2) is 11.0 Å². The number of rotatable bonds is 8. The zero-order valence-electron chi connectivity index (χ0n) is 15.3. The molecule has 0 aliphatic heterocycles. The molecule has 0 bridgehead atoms. The summed E-state index contributed by atoms with van der Waals surface area (Å²) < 4.78 is 7.14. The molecule has 0 saturated heterocycles. The SMILES string of the molecule is COCc1nnc(SCC(=O)N[C@@H](C)c2ccccc2)n1-c1ccccc1. The van der Waals surface area contributed by atoms with Crippen LogP contribution in [0, 0.1) is 0 Å². The Morgan fingerprint density at radius 3 is 2.44 bits per heavy atom. The van der Waals surface area contributed by atoms with E-state index in [-0.39, 0.29) is 17.7 Å². The van der Waals surface area contributed by atoms with Gasteiger partial charge in [-0.1, -0.05) is 60.3 Å². The van der Waals surface area contributed by atoms with Crippen LogP contribution in [-0.2, 0) is 16.1 Å². The molecule has 140 valence electrons. The minimum absolute atomic E-state index is 0.0460. The van der Waals surface area contributed by atoms with Gasteiger partial charge in [-0.2, -0.15) is 0 Å². The predicted octanol–water partition coefficient (Wildman–Crippen LogP) is 3.38. The molecule has 0 spiro atoms. The zero-order valence-corrected chi connectivity index (χ0v) is 16.1. The van der Waals surface area contributed by atoms with Crippen molar-refractivity contribution in [2.75, 3.05) is 12.9 Å². The minimum atomic E-state index is -0.0488. The van der Waals surface area contributed by atoms with E-state index >= 15 is 0 Å². The molecule has 3 aromatic rings. The topological polar surface area (TPSA) is 69.0 Å². The third kappa shape index (κ3) is 4.96. The molecule has 1 N–H and O–H groups in total. The second-order valence-electron chi connectivity index (χ2n) is 5.99. The Labute approximate surface area is 163 Å². The van der Waals surface area contributed by atoms with Gasteiger partial charge in [0.1, 0.15) is 6.61 Å². The number of carbonyl (C=O) groups excluding carboxylic acids is 1. The van der Waals surface area contributed by atoms with Gasteiger partial charge in [0.25, 0.3) is 0 Å². The van der Waals surface area contributed by atoms with E-state index in [2.05, 4.69) is 15.5 Å². The first-order valence-electron chi connectivity index (χ1n) is 8.65. The fraction of sp³-hybridized carbons (Fsp3) is 0.250. The van der Waals surface area contributed by atoms with Crippen molar-refractivity contribution in [2.45, 2.75) is 24.7 Å². The minimum Gasteiger partial charge on any atom is -0.377 e. The Bertz CT molecular complexity index is 868. The van der Waals surface area contributed by atoms with Crippen molar-refractivity contribution >= 4 is 17.7 Å². The first kappa shape index (κ1) is 19.1. The monoisotopic (exact) mass is 382 g/mol. The lowest BCUT2D eigenvalue weighted by Crippen LogP contribution is -2.28. The second-order valence-corrected chi connectivity index (χ2v) is 6.93. The van der Waals surface area contributed by atoms with E-state index in [1.807, 2.05) is 72.2 Å². The highest BCUT2D eigenvalue weighted by Crippen LogP contribution is 2.22. The molecule has 7 heteroatoms. The summed E-state index contributed by atoms with van der Waals surface area (Å²) in [5.74, 6) is 0.909. The Morgan fingerprint density at radius 2 is 1.78 bits per heavy atom. The molecule has 0 aliphatic rings. The molecule has 3 rings (SSSR count).